The summed E-state index contributed by atoms with van der Waals surface area (Å²) < 4.78 is 27.7. The normalized spacial score (nSPS) is 16.8. The third kappa shape index (κ3) is 31.8. The van der Waals surface area contributed by atoms with Crippen molar-refractivity contribution in [1.82, 2.24) is 0 Å². The molecule has 3 atom stereocenters. The van der Waals surface area contributed by atoms with E-state index in [0.717, 1.165) is 61.4 Å². The van der Waals surface area contributed by atoms with Gasteiger partial charge in [0.1, 0.15) is 17.1 Å². The molecule has 1 heterocycles. The van der Waals surface area contributed by atoms with Crippen molar-refractivity contribution in [2.45, 2.75) is 332 Å². The van der Waals surface area contributed by atoms with E-state index in [2.05, 4.69) is 100 Å². The molecule has 1 aliphatic rings. The van der Waals surface area contributed by atoms with Crippen molar-refractivity contribution < 1.29 is 18.0 Å². The summed E-state index contributed by atoms with van der Waals surface area (Å²) >= 11 is 0. The predicted molar refractivity (Wildman–Crippen MR) is 316 cm³/mol. The van der Waals surface area contributed by atoms with Gasteiger partial charge < -0.3 is 18.0 Å². The van der Waals surface area contributed by atoms with Crippen LogP contribution in [0.5, 0.6) is 11.5 Å². The van der Waals surface area contributed by atoms with E-state index in [-0.39, 0.29) is 5.60 Å². The molecule has 0 N–H and O–H groups in total. The lowest BCUT2D eigenvalue weighted by Crippen LogP contribution is -2.47. The zero-order valence-electron chi connectivity index (χ0n) is 49.7. The summed E-state index contributed by atoms with van der Waals surface area (Å²) in [4.78, 5) is 0. The van der Waals surface area contributed by atoms with E-state index in [9.17, 15) is 0 Å². The molecule has 2 rings (SSSR count). The Labute approximate surface area is 445 Å². The molecule has 1 aromatic carbocycles. The first-order chi connectivity index (χ1) is 34.3. The van der Waals surface area contributed by atoms with E-state index in [1.54, 1.807) is 0 Å². The van der Waals surface area contributed by atoms with Crippen LogP contribution < -0.4 is 9.16 Å². The van der Waals surface area contributed by atoms with Gasteiger partial charge in [0.2, 0.25) is 0 Å². The van der Waals surface area contributed by atoms with Crippen LogP contribution in [0.3, 0.4) is 0 Å². The number of unbranched alkanes of at least 4 members (excludes halogenated alkanes) is 24. The SMILES string of the molecule is CCCCCCCCC=CCCCCCCCCO[Si](C)(OCCCCCCCCC=CCCCCCCCC)Oc1c(C)c(C)c2c(c1C)CCC(C)(CCCC(C)CCCC(C)CCCC(C)C)O2. The summed E-state index contributed by atoms with van der Waals surface area (Å²) in [5, 5.41) is 0. The van der Waals surface area contributed by atoms with E-state index in [1.165, 1.54) is 241 Å². The molecule has 0 bridgehead atoms. The summed E-state index contributed by atoms with van der Waals surface area (Å²) in [6.07, 6.45) is 60.4. The van der Waals surface area contributed by atoms with E-state index in [0.29, 0.717) is 13.2 Å². The van der Waals surface area contributed by atoms with Crippen molar-refractivity contribution in [3.8, 4) is 11.5 Å². The fourth-order valence-corrected chi connectivity index (χ4v) is 12.8. The van der Waals surface area contributed by atoms with E-state index in [4.69, 9.17) is 18.0 Å². The van der Waals surface area contributed by atoms with Gasteiger partial charge in [0.05, 0.1) is 0 Å². The summed E-state index contributed by atoms with van der Waals surface area (Å²) in [5.74, 6) is 4.58. The minimum absolute atomic E-state index is 0.118. The van der Waals surface area contributed by atoms with E-state index < -0.39 is 8.80 Å². The van der Waals surface area contributed by atoms with Crippen LogP contribution >= 0.6 is 0 Å². The first-order valence-electron chi connectivity index (χ1n) is 31.4. The second-order valence-corrected chi connectivity index (χ2v) is 26.5. The first kappa shape index (κ1) is 65.5. The van der Waals surface area contributed by atoms with Crippen LogP contribution in [0.25, 0.3) is 0 Å². The van der Waals surface area contributed by atoms with Gasteiger partial charge in [0.15, 0.2) is 0 Å². The van der Waals surface area contributed by atoms with Crippen molar-refractivity contribution >= 4 is 8.80 Å². The summed E-state index contributed by atoms with van der Waals surface area (Å²) in [6, 6.07) is 0. The van der Waals surface area contributed by atoms with Gasteiger partial charge in [0, 0.05) is 25.3 Å². The van der Waals surface area contributed by atoms with Crippen molar-refractivity contribution in [2.24, 2.45) is 17.8 Å². The van der Waals surface area contributed by atoms with Gasteiger partial charge in [-0.3, -0.25) is 0 Å². The van der Waals surface area contributed by atoms with Crippen molar-refractivity contribution in [2.75, 3.05) is 13.2 Å². The van der Waals surface area contributed by atoms with Gasteiger partial charge in [-0.2, -0.15) is 0 Å². The van der Waals surface area contributed by atoms with Crippen LogP contribution in [-0.2, 0) is 15.3 Å². The van der Waals surface area contributed by atoms with Crippen LogP contribution in [0.4, 0.5) is 0 Å². The van der Waals surface area contributed by atoms with Gasteiger partial charge in [-0.15, -0.1) is 0 Å². The average Bonchev–Trinajstić information content (AvgIpc) is 3.34. The lowest BCUT2D eigenvalue weighted by atomic mass is 9.84. The smallest absolute Gasteiger partial charge is 0.500 e. The number of benzene rings is 1. The highest BCUT2D eigenvalue weighted by Crippen LogP contribution is 2.46. The maximum Gasteiger partial charge on any atom is 0.562 e. The maximum atomic E-state index is 7.11. The number of hydrogen-bond donors (Lipinski definition) is 0. The lowest BCUT2D eigenvalue weighted by Gasteiger charge is -2.39. The summed E-state index contributed by atoms with van der Waals surface area (Å²) in [7, 11) is -2.98. The van der Waals surface area contributed by atoms with Crippen LogP contribution in [-0.4, -0.2) is 27.6 Å². The number of ether oxygens (including phenoxy) is 1. The second-order valence-electron chi connectivity index (χ2n) is 24.0. The molecule has 0 aliphatic carbocycles. The topological polar surface area (TPSA) is 36.9 Å². The molecule has 4 nitrogen and oxygen atoms in total. The molecule has 1 aromatic rings. The molecule has 414 valence electrons. The predicted octanol–water partition coefficient (Wildman–Crippen LogP) is 22.2. The average molecular weight is 1010 g/mol. The van der Waals surface area contributed by atoms with Gasteiger partial charge >= 0.3 is 8.80 Å². The number of rotatable bonds is 48. The summed E-state index contributed by atoms with van der Waals surface area (Å²) in [6.45, 7) is 26.9. The molecule has 0 aromatic heterocycles. The minimum Gasteiger partial charge on any atom is -0.500 e. The summed E-state index contributed by atoms with van der Waals surface area (Å²) in [5.41, 5.74) is 4.83. The molecule has 0 radical (unpaired) electrons. The standard InChI is InChI=1S/C66H122O4Si/c1-12-14-16-18-20-22-24-26-28-30-32-34-36-38-40-42-55-67-71(11,68-56-43-41-39-37-35-33-31-29-27-25-23-21-19-17-15-13-2)70-64-60(7)61(8)65-63(62(64)9)52-54-66(10,69-65)53-46-51-59(6)50-45-49-58(5)48-44-47-57(3)4/h26-29,57-59H,12-25,30-56H2,1-11H3. The Morgan fingerprint density at radius 2 is 0.887 bits per heavy atom. The fourth-order valence-electron chi connectivity index (χ4n) is 10.9. The lowest BCUT2D eigenvalue weighted by molar-refractivity contribution is 0.0510. The van der Waals surface area contributed by atoms with Crippen molar-refractivity contribution in [3.63, 3.8) is 0 Å². The molecule has 0 saturated heterocycles. The molecular formula is C66H122O4Si. The zero-order chi connectivity index (χ0) is 51.8. The number of hydrogen-bond acceptors (Lipinski definition) is 4. The molecule has 5 heteroatoms. The van der Waals surface area contributed by atoms with Crippen LogP contribution in [0.1, 0.15) is 315 Å². The van der Waals surface area contributed by atoms with Crippen LogP contribution in [0.2, 0.25) is 6.55 Å². The third-order valence-corrected chi connectivity index (χ3v) is 18.2. The molecule has 1 aliphatic heterocycles. The zero-order valence-corrected chi connectivity index (χ0v) is 50.7. The van der Waals surface area contributed by atoms with Crippen molar-refractivity contribution in [1.29, 1.82) is 0 Å². The Morgan fingerprint density at radius 3 is 1.32 bits per heavy atom. The highest BCUT2D eigenvalue weighted by molar-refractivity contribution is 6.60. The quantitative estimate of drug-likeness (QED) is 0.0370. The van der Waals surface area contributed by atoms with Gasteiger partial charge in [0.25, 0.3) is 0 Å². The van der Waals surface area contributed by atoms with Gasteiger partial charge in [-0.25, -0.2) is 0 Å². The fraction of sp³-hybridized carbons (Fsp3) is 0.848. The molecule has 0 saturated carbocycles. The molecule has 71 heavy (non-hydrogen) atoms. The monoisotopic (exact) mass is 1010 g/mol. The van der Waals surface area contributed by atoms with E-state index >= 15 is 0 Å². The van der Waals surface area contributed by atoms with Crippen LogP contribution in [0.15, 0.2) is 24.3 Å². The largest absolute Gasteiger partial charge is 0.562 e. The Morgan fingerprint density at radius 1 is 0.493 bits per heavy atom. The highest BCUT2D eigenvalue weighted by atomic mass is 28.4. The highest BCUT2D eigenvalue weighted by Gasteiger charge is 2.40. The molecule has 0 fully saturated rings. The number of fused-ring (bicyclic) bond motifs is 1. The molecule has 0 spiro atoms. The molecular weight excluding hydrogens is 885 g/mol. The van der Waals surface area contributed by atoms with Gasteiger partial charge in [-0.1, -0.05) is 226 Å². The third-order valence-electron chi connectivity index (χ3n) is 16.2. The molecule has 0 amide bonds. The Kier molecular flexibility index (Phi) is 38.5. The Bertz CT molecular complexity index is 1440. The van der Waals surface area contributed by atoms with Crippen LogP contribution in [0, 0.1) is 38.5 Å². The van der Waals surface area contributed by atoms with E-state index in [1.807, 2.05) is 0 Å². The van der Waals surface area contributed by atoms with Crippen molar-refractivity contribution in [3.05, 3.63) is 46.6 Å². The second kappa shape index (κ2) is 41.7. The Hall–Kier alpha value is -1.56. The minimum atomic E-state index is -2.98. The maximum absolute atomic E-state index is 7.11. The Balaban J connectivity index is 1.89. The first-order valence-corrected chi connectivity index (χ1v) is 33.7. The molecule has 3 unspecified atom stereocenters. The number of allylic oxidation sites excluding steroid dienone is 4. The van der Waals surface area contributed by atoms with Gasteiger partial charge in [-0.05, 0) is 152 Å².